The number of aldehydes is 1. The van der Waals surface area contributed by atoms with Crippen molar-refractivity contribution in [1.82, 2.24) is 36.1 Å². The normalized spacial score (nSPS) is 15.6. The van der Waals surface area contributed by atoms with Gasteiger partial charge < -0.3 is 65.0 Å². The summed E-state index contributed by atoms with van der Waals surface area (Å²) in [6, 6.07) is 23.4. The van der Waals surface area contributed by atoms with Crippen LogP contribution in [-0.4, -0.2) is 161 Å². The summed E-state index contributed by atoms with van der Waals surface area (Å²) >= 11 is 0. The molecular formula is C59H79N11O9. The molecule has 2 atom stereocenters. The van der Waals surface area contributed by atoms with E-state index in [1.807, 2.05) is 72.5 Å². The maximum atomic E-state index is 13.5. The van der Waals surface area contributed by atoms with Crippen LogP contribution in [-0.2, 0) is 35.1 Å². The van der Waals surface area contributed by atoms with Crippen LogP contribution in [0.5, 0.6) is 5.75 Å². The predicted molar refractivity (Wildman–Crippen MR) is 303 cm³/mol. The van der Waals surface area contributed by atoms with Crippen molar-refractivity contribution >= 4 is 53.0 Å². The van der Waals surface area contributed by atoms with E-state index in [4.69, 9.17) is 29.8 Å². The lowest BCUT2D eigenvalue weighted by Gasteiger charge is -2.40. The molecular weight excluding hydrogens is 1010 g/mol. The number of aromatic nitrogens is 1. The number of ether oxygens (including phenoxy) is 4. The van der Waals surface area contributed by atoms with Crippen molar-refractivity contribution in [3.05, 3.63) is 119 Å². The molecule has 4 heterocycles. The Labute approximate surface area is 464 Å². The maximum absolute atomic E-state index is 13.5. The first-order valence-electron chi connectivity index (χ1n) is 27.8. The molecule has 20 heteroatoms. The fourth-order valence-corrected chi connectivity index (χ4v) is 10.1. The lowest BCUT2D eigenvalue weighted by molar-refractivity contribution is -0.132. The largest absolute Gasteiger partial charge is 0.494 e. The van der Waals surface area contributed by atoms with Crippen LogP contribution in [0.1, 0.15) is 115 Å². The Morgan fingerprint density at radius 1 is 0.797 bits per heavy atom. The van der Waals surface area contributed by atoms with Crippen molar-refractivity contribution in [2.24, 2.45) is 0 Å². The smallest absolute Gasteiger partial charge is 0.255 e. The SMILES string of the molecule is CNC(=O)C(CCC=O)N1Cc2cc(N3CCN(C(=O)CCCOCCOCCOCCCCCCOc4cccc(C(C)NC(=O)c5cccc(NC6(C(=N)NC(=N)c7ccncc7)CCNCC6)c5)c4)CC3)ccc2C1=O. The topological polar surface area (TPSA) is 253 Å². The van der Waals surface area contributed by atoms with Gasteiger partial charge in [-0.25, -0.2) is 0 Å². The molecule has 0 saturated carbocycles. The molecule has 1 aromatic heterocycles. The second-order valence-electron chi connectivity index (χ2n) is 20.1. The number of nitrogens with zero attached hydrogens (tertiary/aromatic N) is 4. The van der Waals surface area contributed by atoms with Crippen LogP contribution in [0, 0.1) is 10.8 Å². The summed E-state index contributed by atoms with van der Waals surface area (Å²) < 4.78 is 23.2. The van der Waals surface area contributed by atoms with Gasteiger partial charge in [-0.3, -0.25) is 35.0 Å². The highest BCUT2D eigenvalue weighted by atomic mass is 16.5. The van der Waals surface area contributed by atoms with Gasteiger partial charge in [-0.05, 0) is 137 Å². The Morgan fingerprint density at radius 2 is 1.49 bits per heavy atom. The third-order valence-corrected chi connectivity index (χ3v) is 14.6. The van der Waals surface area contributed by atoms with Crippen LogP contribution in [0.15, 0.2) is 91.3 Å². The van der Waals surface area contributed by atoms with Crippen LogP contribution in [0.25, 0.3) is 0 Å². The quantitative estimate of drug-likeness (QED) is 0.0135. The number of piperazine rings is 1. The van der Waals surface area contributed by atoms with Gasteiger partial charge in [0.25, 0.3) is 11.8 Å². The van der Waals surface area contributed by atoms with Gasteiger partial charge >= 0.3 is 0 Å². The molecule has 7 N–H and O–H groups in total. The summed E-state index contributed by atoms with van der Waals surface area (Å²) in [6.07, 6.45) is 10.7. The Kier molecular flexibility index (Phi) is 23.1. The molecule has 2 fully saturated rings. The molecule has 2 unspecified atom stereocenters. The summed E-state index contributed by atoms with van der Waals surface area (Å²) in [7, 11) is 1.53. The lowest BCUT2D eigenvalue weighted by atomic mass is 9.86. The summed E-state index contributed by atoms with van der Waals surface area (Å²) in [4.78, 5) is 72.9. The lowest BCUT2D eigenvalue weighted by Crippen LogP contribution is -2.58. The highest BCUT2D eigenvalue weighted by molar-refractivity contribution is 6.10. The van der Waals surface area contributed by atoms with Gasteiger partial charge in [0.15, 0.2) is 0 Å². The summed E-state index contributed by atoms with van der Waals surface area (Å²) in [5.74, 6) is 0.492. The second kappa shape index (κ2) is 30.8. The molecule has 3 aromatic carbocycles. The monoisotopic (exact) mass is 1090 g/mol. The first-order chi connectivity index (χ1) is 38.5. The molecule has 3 aliphatic rings. The number of unbranched alkanes of at least 4 members (excludes halogenated alkanes) is 3. The fourth-order valence-electron chi connectivity index (χ4n) is 10.1. The number of amides is 4. The van der Waals surface area contributed by atoms with Gasteiger partial charge in [0.2, 0.25) is 11.8 Å². The van der Waals surface area contributed by atoms with Crippen molar-refractivity contribution in [2.75, 3.05) is 103 Å². The van der Waals surface area contributed by atoms with Crippen LogP contribution in [0.4, 0.5) is 11.4 Å². The van der Waals surface area contributed by atoms with E-state index in [1.165, 1.54) is 7.05 Å². The van der Waals surface area contributed by atoms with Gasteiger partial charge in [-0.2, -0.15) is 0 Å². The first-order valence-corrected chi connectivity index (χ1v) is 27.8. The Balaban J connectivity index is 0.682. The van der Waals surface area contributed by atoms with E-state index in [0.717, 1.165) is 60.2 Å². The first kappa shape index (κ1) is 59.4. The van der Waals surface area contributed by atoms with Gasteiger partial charge in [-0.15, -0.1) is 0 Å². The molecule has 0 aliphatic carbocycles. The molecule has 7 rings (SSSR count). The molecule has 4 aromatic rings. The average molecular weight is 1090 g/mol. The van der Waals surface area contributed by atoms with E-state index in [0.29, 0.717) is 134 Å². The van der Waals surface area contributed by atoms with E-state index in [-0.39, 0.29) is 54.2 Å². The molecule has 20 nitrogen and oxygen atoms in total. The summed E-state index contributed by atoms with van der Waals surface area (Å²) in [5.41, 5.74) is 4.45. The number of amidine groups is 2. The average Bonchev–Trinajstić information content (AvgIpc) is 4.02. The highest BCUT2D eigenvalue weighted by Crippen LogP contribution is 2.31. The number of carbonyl (C=O) groups excluding carboxylic acids is 5. The van der Waals surface area contributed by atoms with E-state index in [1.54, 1.807) is 35.5 Å². The summed E-state index contributed by atoms with van der Waals surface area (Å²) in [6.45, 7) is 9.90. The minimum atomic E-state index is -0.746. The fraction of sp³-hybridized carbons (Fsp3) is 0.492. The zero-order valence-corrected chi connectivity index (χ0v) is 45.8. The third-order valence-electron chi connectivity index (χ3n) is 14.6. The molecule has 0 bridgehead atoms. The molecule has 0 radical (unpaired) electrons. The maximum Gasteiger partial charge on any atom is 0.255 e. The molecule has 79 heavy (non-hydrogen) atoms. The minimum absolute atomic E-state index is 0.111. The zero-order valence-electron chi connectivity index (χ0n) is 45.8. The Morgan fingerprint density at radius 3 is 2.22 bits per heavy atom. The van der Waals surface area contributed by atoms with Gasteiger partial charge in [0.05, 0.1) is 44.6 Å². The van der Waals surface area contributed by atoms with E-state index in [9.17, 15) is 24.0 Å². The van der Waals surface area contributed by atoms with Crippen LogP contribution in [0.2, 0.25) is 0 Å². The predicted octanol–water partition coefficient (Wildman–Crippen LogP) is 5.87. The zero-order chi connectivity index (χ0) is 55.8. The van der Waals surface area contributed by atoms with Crippen molar-refractivity contribution in [1.29, 1.82) is 10.8 Å². The van der Waals surface area contributed by atoms with E-state index >= 15 is 0 Å². The van der Waals surface area contributed by atoms with Crippen LogP contribution in [0.3, 0.4) is 0 Å². The number of fused-ring (bicyclic) bond motifs is 1. The number of likely N-dealkylation sites (N-methyl/N-ethyl adjacent to an activating group) is 1. The van der Waals surface area contributed by atoms with Crippen molar-refractivity contribution in [2.45, 2.75) is 95.3 Å². The van der Waals surface area contributed by atoms with Crippen molar-refractivity contribution in [3.8, 4) is 5.75 Å². The second-order valence-corrected chi connectivity index (χ2v) is 20.1. The molecule has 3 aliphatic heterocycles. The number of nitrogens with one attached hydrogen (secondary N) is 7. The van der Waals surface area contributed by atoms with Crippen LogP contribution >= 0.6 is 0 Å². The number of piperidine rings is 1. The number of carbonyl (C=O) groups is 5. The molecule has 4 amide bonds. The van der Waals surface area contributed by atoms with E-state index < -0.39 is 11.6 Å². The van der Waals surface area contributed by atoms with Gasteiger partial charge in [-0.1, -0.05) is 24.6 Å². The number of hydrogen-bond acceptors (Lipinski definition) is 15. The number of benzene rings is 3. The number of hydrogen-bond donors (Lipinski definition) is 7. The minimum Gasteiger partial charge on any atom is -0.494 e. The highest BCUT2D eigenvalue weighted by Gasteiger charge is 2.38. The van der Waals surface area contributed by atoms with Crippen molar-refractivity contribution < 1.29 is 42.9 Å². The van der Waals surface area contributed by atoms with Gasteiger partial charge in [0.1, 0.15) is 29.7 Å². The number of pyridine rings is 1. The standard InChI is InChI=1S/C59H79N11O9/c1-43(65-55(73)46-12-7-13-48(39-46)67-59(21-25-64-26-22-59)58(61)66-54(60)44-19-23-63-24-20-44)45-11-8-14-50(41-45)79-34-6-4-3-5-32-76-35-37-78-38-36-77-33-10-16-53(72)69-29-27-68(28-30-69)49-17-18-51-47(40-49)42-70(57(51)75)52(15-9-31-71)56(74)62-2/h7-8,11-14,17-20,23-24,31,39-41,43,52,64,67H,3-6,9-10,15-16,21-22,25-30,32-38,42H2,1-2H3,(H,62,74)(H,65,73)(H3,60,61,66). The molecule has 424 valence electrons. The Hall–Kier alpha value is -7.26. The number of anilines is 2. The summed E-state index contributed by atoms with van der Waals surface area (Å²) in [5, 5.41) is 33.2. The van der Waals surface area contributed by atoms with E-state index in [2.05, 4.69) is 36.5 Å². The molecule has 2 saturated heterocycles. The number of rotatable bonds is 31. The molecule has 0 spiro atoms. The Bertz CT molecular complexity index is 2660. The van der Waals surface area contributed by atoms with Crippen molar-refractivity contribution in [3.63, 3.8) is 0 Å². The van der Waals surface area contributed by atoms with Crippen LogP contribution < -0.4 is 36.2 Å². The van der Waals surface area contributed by atoms with Gasteiger partial charge in [0, 0.05) is 106 Å². The third kappa shape index (κ3) is 17.4.